The van der Waals surface area contributed by atoms with Gasteiger partial charge in [-0.2, -0.15) is 0 Å². The van der Waals surface area contributed by atoms with Gasteiger partial charge in [-0.25, -0.2) is 19.2 Å². The molecule has 0 bridgehead atoms. The first kappa shape index (κ1) is 24.3. The molecule has 3 heterocycles. The molecule has 1 aliphatic heterocycles. The van der Waals surface area contributed by atoms with Crippen molar-refractivity contribution < 1.29 is 8.95 Å². The molecule has 2 aromatic heterocycles. The molecule has 2 aliphatic rings. The molecule has 192 valence electrons. The number of aryl methyl sites for hydroxylation is 1. The molecule has 0 amide bonds. The highest BCUT2D eigenvalue weighted by molar-refractivity contribution is 7.88. The van der Waals surface area contributed by atoms with E-state index in [0.717, 1.165) is 70.8 Å². The third kappa shape index (κ3) is 5.18. The second kappa shape index (κ2) is 10.00. The van der Waals surface area contributed by atoms with Crippen LogP contribution in [0.5, 0.6) is 11.6 Å². The molecule has 2 aromatic carbocycles. The SMILES string of the molecule is Cc1nc(Oc2ccc(NS(=O)C3(C)CC3)c3ccccc23)c(-c2ccnc(NC3CCCNC3)n2)s1. The number of nitrogens with zero attached hydrogens (tertiary/aromatic N) is 3. The van der Waals surface area contributed by atoms with Gasteiger partial charge in [0.2, 0.25) is 11.8 Å². The average Bonchev–Trinajstić information content (AvgIpc) is 3.57. The van der Waals surface area contributed by atoms with Crippen LogP contribution in [0.1, 0.15) is 37.6 Å². The molecule has 2 unspecified atom stereocenters. The smallest absolute Gasteiger partial charge is 0.240 e. The quantitative estimate of drug-likeness (QED) is 0.269. The van der Waals surface area contributed by atoms with Gasteiger partial charge in [-0.3, -0.25) is 0 Å². The minimum absolute atomic E-state index is 0.137. The number of benzene rings is 2. The highest BCUT2D eigenvalue weighted by Gasteiger charge is 2.44. The molecular weight excluding hydrogens is 504 g/mol. The average molecular weight is 535 g/mol. The van der Waals surface area contributed by atoms with E-state index in [-0.39, 0.29) is 4.75 Å². The van der Waals surface area contributed by atoms with E-state index in [1.807, 2.05) is 49.4 Å². The molecular formula is C27H30N6O2S2. The lowest BCUT2D eigenvalue weighted by atomic mass is 10.1. The lowest BCUT2D eigenvalue weighted by molar-refractivity contribution is 0.472. The summed E-state index contributed by atoms with van der Waals surface area (Å²) in [5, 5.41) is 9.65. The molecule has 1 saturated heterocycles. The predicted octanol–water partition coefficient (Wildman–Crippen LogP) is 5.65. The topological polar surface area (TPSA) is 101 Å². The Bertz CT molecular complexity index is 1460. The van der Waals surface area contributed by atoms with Crippen LogP contribution in [-0.2, 0) is 11.0 Å². The molecule has 0 radical (unpaired) electrons. The van der Waals surface area contributed by atoms with Gasteiger partial charge < -0.3 is 20.1 Å². The summed E-state index contributed by atoms with van der Waals surface area (Å²) in [6.45, 7) is 5.99. The molecule has 1 aliphatic carbocycles. The van der Waals surface area contributed by atoms with Crippen molar-refractivity contribution in [2.24, 2.45) is 0 Å². The van der Waals surface area contributed by atoms with Crippen LogP contribution in [0.4, 0.5) is 11.6 Å². The molecule has 8 nitrogen and oxygen atoms in total. The Labute approximate surface area is 222 Å². The Hall–Kier alpha value is -3.08. The maximum atomic E-state index is 12.8. The first-order chi connectivity index (χ1) is 18.0. The third-order valence-corrected chi connectivity index (χ3v) is 9.60. The van der Waals surface area contributed by atoms with Crippen molar-refractivity contribution in [2.45, 2.75) is 50.3 Å². The van der Waals surface area contributed by atoms with Gasteiger partial charge >= 0.3 is 0 Å². The zero-order valence-electron chi connectivity index (χ0n) is 20.9. The van der Waals surface area contributed by atoms with Gasteiger partial charge in [0.25, 0.3) is 0 Å². The minimum Gasteiger partial charge on any atom is -0.437 e. The Morgan fingerprint density at radius 2 is 1.97 bits per heavy atom. The zero-order valence-corrected chi connectivity index (χ0v) is 22.5. The normalized spacial score (nSPS) is 19.4. The minimum atomic E-state index is -1.13. The van der Waals surface area contributed by atoms with Crippen LogP contribution in [0.15, 0.2) is 48.7 Å². The maximum absolute atomic E-state index is 12.8. The second-order valence-electron chi connectivity index (χ2n) is 9.90. The molecule has 2 fully saturated rings. The first-order valence-electron chi connectivity index (χ1n) is 12.6. The van der Waals surface area contributed by atoms with E-state index in [9.17, 15) is 4.21 Å². The van der Waals surface area contributed by atoms with E-state index in [2.05, 4.69) is 32.2 Å². The Kier molecular flexibility index (Phi) is 6.56. The molecule has 37 heavy (non-hydrogen) atoms. The molecule has 3 N–H and O–H groups in total. The van der Waals surface area contributed by atoms with E-state index in [4.69, 9.17) is 9.72 Å². The standard InChI is InChI=1S/C27H30N6O2S2/c1-17-30-25(24(36-17)22-11-15-29-26(32-22)31-18-6-5-14-28-16-18)35-23-10-9-21(19-7-3-4-8-20(19)23)33-37(34)27(2)12-13-27/h3-4,7-11,15,18,28,33H,5-6,12-14,16H2,1-2H3,(H,29,31,32). The Morgan fingerprint density at radius 3 is 2.76 bits per heavy atom. The maximum Gasteiger partial charge on any atom is 0.240 e. The van der Waals surface area contributed by atoms with Gasteiger partial charge in [-0.15, -0.1) is 11.3 Å². The van der Waals surface area contributed by atoms with E-state index in [1.54, 1.807) is 17.5 Å². The lowest BCUT2D eigenvalue weighted by Crippen LogP contribution is -2.38. The van der Waals surface area contributed by atoms with E-state index in [1.165, 1.54) is 0 Å². The summed E-state index contributed by atoms with van der Waals surface area (Å²) in [6.07, 6.45) is 5.97. The third-order valence-electron chi connectivity index (χ3n) is 6.92. The summed E-state index contributed by atoms with van der Waals surface area (Å²) in [5.41, 5.74) is 1.62. The number of thiazole rings is 1. The zero-order chi connectivity index (χ0) is 25.4. The first-order valence-corrected chi connectivity index (χ1v) is 14.6. The number of ether oxygens (including phenoxy) is 1. The molecule has 4 aromatic rings. The van der Waals surface area contributed by atoms with Crippen molar-refractivity contribution in [1.29, 1.82) is 0 Å². The fourth-order valence-corrected chi connectivity index (χ4v) is 6.40. The number of rotatable bonds is 8. The van der Waals surface area contributed by atoms with Crippen LogP contribution in [0.2, 0.25) is 0 Å². The number of aromatic nitrogens is 3. The van der Waals surface area contributed by atoms with Crippen molar-refractivity contribution in [3.05, 3.63) is 53.7 Å². The summed E-state index contributed by atoms with van der Waals surface area (Å²) < 4.78 is 22.3. The van der Waals surface area contributed by atoms with Crippen molar-refractivity contribution in [1.82, 2.24) is 20.3 Å². The summed E-state index contributed by atoms with van der Waals surface area (Å²) >= 11 is 1.55. The van der Waals surface area contributed by atoms with Crippen LogP contribution >= 0.6 is 11.3 Å². The largest absolute Gasteiger partial charge is 0.437 e. The van der Waals surface area contributed by atoms with Crippen molar-refractivity contribution in [2.75, 3.05) is 23.1 Å². The number of anilines is 2. The number of hydrogen-bond acceptors (Lipinski definition) is 8. The van der Waals surface area contributed by atoms with Crippen LogP contribution in [-0.4, -0.2) is 43.0 Å². The highest BCUT2D eigenvalue weighted by atomic mass is 32.2. The molecule has 0 spiro atoms. The Balaban J connectivity index is 1.29. The number of nitrogens with one attached hydrogen (secondary N) is 3. The van der Waals surface area contributed by atoms with Crippen molar-refractivity contribution in [3.63, 3.8) is 0 Å². The van der Waals surface area contributed by atoms with Gasteiger partial charge in [-0.05, 0) is 64.3 Å². The highest BCUT2D eigenvalue weighted by Crippen LogP contribution is 2.43. The van der Waals surface area contributed by atoms with E-state index >= 15 is 0 Å². The lowest BCUT2D eigenvalue weighted by Gasteiger charge is -2.23. The molecule has 10 heteroatoms. The fourth-order valence-electron chi connectivity index (χ4n) is 4.49. The molecule has 1 saturated carbocycles. The number of hydrogen-bond donors (Lipinski definition) is 3. The molecule has 2 atom stereocenters. The van der Waals surface area contributed by atoms with Gasteiger partial charge in [0.15, 0.2) is 0 Å². The van der Waals surface area contributed by atoms with Crippen LogP contribution in [0, 0.1) is 6.92 Å². The fraction of sp³-hybridized carbons (Fsp3) is 0.370. The van der Waals surface area contributed by atoms with Gasteiger partial charge in [0.1, 0.15) is 21.6 Å². The predicted molar refractivity (Wildman–Crippen MR) is 151 cm³/mol. The van der Waals surface area contributed by atoms with Gasteiger partial charge in [0, 0.05) is 29.6 Å². The summed E-state index contributed by atoms with van der Waals surface area (Å²) in [5.74, 6) is 1.82. The van der Waals surface area contributed by atoms with E-state index in [0.29, 0.717) is 23.6 Å². The summed E-state index contributed by atoms with van der Waals surface area (Å²) in [4.78, 5) is 14.8. The molecule has 6 rings (SSSR count). The number of fused-ring (bicyclic) bond motifs is 1. The number of piperidine rings is 1. The van der Waals surface area contributed by atoms with E-state index < -0.39 is 11.0 Å². The Morgan fingerprint density at radius 1 is 1.14 bits per heavy atom. The van der Waals surface area contributed by atoms with Crippen LogP contribution in [0.3, 0.4) is 0 Å². The summed E-state index contributed by atoms with van der Waals surface area (Å²) in [7, 11) is -1.13. The van der Waals surface area contributed by atoms with Gasteiger partial charge in [0.05, 0.1) is 21.1 Å². The van der Waals surface area contributed by atoms with Crippen molar-refractivity contribution >= 4 is 44.7 Å². The van der Waals surface area contributed by atoms with Gasteiger partial charge in [-0.1, -0.05) is 24.3 Å². The monoisotopic (exact) mass is 534 g/mol. The van der Waals surface area contributed by atoms with Crippen molar-refractivity contribution in [3.8, 4) is 22.2 Å². The summed E-state index contributed by atoms with van der Waals surface area (Å²) in [6, 6.07) is 14.1. The van der Waals surface area contributed by atoms with Crippen LogP contribution in [0.25, 0.3) is 21.3 Å². The van der Waals surface area contributed by atoms with Crippen LogP contribution < -0.4 is 20.1 Å². The second-order valence-corrected chi connectivity index (χ2v) is 12.8.